The highest BCUT2D eigenvalue weighted by molar-refractivity contribution is 7.92. The Morgan fingerprint density at radius 1 is 1.38 bits per heavy atom. The number of benzene rings is 1. The molecule has 0 fully saturated rings. The van der Waals surface area contributed by atoms with E-state index < -0.39 is 33.7 Å². The van der Waals surface area contributed by atoms with Crippen LogP contribution in [0.3, 0.4) is 0 Å². The third-order valence-electron chi connectivity index (χ3n) is 2.71. The fourth-order valence-corrected chi connectivity index (χ4v) is 2.20. The first-order chi connectivity index (χ1) is 9.42. The molecule has 0 spiro atoms. The molecular formula is C12H13ClF3NO3S. The predicted molar refractivity (Wildman–Crippen MR) is 74.2 cm³/mol. The molecular weight excluding hydrogens is 331 g/mol. The molecule has 1 aromatic rings. The molecule has 118 valence electrons. The van der Waals surface area contributed by atoms with Crippen LogP contribution < -0.4 is 4.90 Å². The molecule has 0 saturated heterocycles. The first-order valence-corrected chi connectivity index (χ1v) is 8.07. The average molecular weight is 344 g/mol. The second-order valence-electron chi connectivity index (χ2n) is 4.49. The van der Waals surface area contributed by atoms with Crippen molar-refractivity contribution < 1.29 is 26.4 Å². The van der Waals surface area contributed by atoms with E-state index in [1.807, 2.05) is 0 Å². The zero-order valence-electron chi connectivity index (χ0n) is 11.2. The molecule has 0 saturated carbocycles. The number of amides is 1. The van der Waals surface area contributed by atoms with Crippen molar-refractivity contribution >= 4 is 33.0 Å². The maximum Gasteiger partial charge on any atom is 0.406 e. The number of carbonyl (C=O) groups excluding carboxylic acids is 1. The summed E-state index contributed by atoms with van der Waals surface area (Å²) < 4.78 is 60.7. The van der Waals surface area contributed by atoms with Gasteiger partial charge in [0.1, 0.15) is 11.8 Å². The quantitative estimate of drug-likeness (QED) is 0.844. The predicted octanol–water partition coefficient (Wildman–Crippen LogP) is 2.67. The number of alkyl halides is 3. The Kier molecular flexibility index (Phi) is 5.27. The molecule has 0 aliphatic carbocycles. The fraction of sp³-hybridized carbons (Fsp3) is 0.417. The minimum Gasteiger partial charge on any atom is -0.302 e. The number of halogens is 4. The van der Waals surface area contributed by atoms with Crippen LogP contribution in [0.15, 0.2) is 24.3 Å². The van der Waals surface area contributed by atoms with Crippen LogP contribution in [0.1, 0.15) is 6.92 Å². The van der Waals surface area contributed by atoms with Gasteiger partial charge >= 0.3 is 6.18 Å². The van der Waals surface area contributed by atoms with Crippen LogP contribution >= 0.6 is 11.6 Å². The Labute approximate surface area is 125 Å². The molecule has 4 nitrogen and oxygen atoms in total. The smallest absolute Gasteiger partial charge is 0.302 e. The van der Waals surface area contributed by atoms with Crippen LogP contribution in [0.2, 0.25) is 5.02 Å². The summed E-state index contributed by atoms with van der Waals surface area (Å²) in [4.78, 5) is 12.5. The third kappa shape index (κ3) is 5.20. The van der Waals surface area contributed by atoms with Gasteiger partial charge < -0.3 is 4.90 Å². The van der Waals surface area contributed by atoms with Gasteiger partial charge in [-0.3, -0.25) is 4.79 Å². The van der Waals surface area contributed by atoms with Gasteiger partial charge in [0.2, 0.25) is 5.91 Å². The molecule has 21 heavy (non-hydrogen) atoms. The summed E-state index contributed by atoms with van der Waals surface area (Å²) in [5.74, 6) is -1.16. The zero-order valence-corrected chi connectivity index (χ0v) is 12.8. The number of sulfone groups is 1. The van der Waals surface area contributed by atoms with E-state index in [1.54, 1.807) is 0 Å². The van der Waals surface area contributed by atoms with Gasteiger partial charge in [0.15, 0.2) is 9.84 Å². The van der Waals surface area contributed by atoms with E-state index in [4.69, 9.17) is 11.6 Å². The van der Waals surface area contributed by atoms with Gasteiger partial charge in [0.25, 0.3) is 0 Å². The van der Waals surface area contributed by atoms with E-state index in [1.165, 1.54) is 24.3 Å². The number of anilines is 1. The molecule has 9 heteroatoms. The van der Waals surface area contributed by atoms with Gasteiger partial charge in [0.05, 0.1) is 0 Å². The Bertz CT molecular complexity index is 631. The Morgan fingerprint density at radius 3 is 2.38 bits per heavy atom. The standard InChI is InChI=1S/C12H13ClF3NO3S/c1-8(21(2,19)20)11(18)17(7-12(14,15)16)10-5-3-4-9(13)6-10/h3-6,8H,7H2,1-2H3/t8-/m1/s1. The fourth-order valence-electron chi connectivity index (χ4n) is 1.52. The molecule has 0 aromatic heterocycles. The normalized spacial score (nSPS) is 13.8. The third-order valence-corrected chi connectivity index (χ3v) is 4.43. The van der Waals surface area contributed by atoms with Crippen LogP contribution in [-0.4, -0.2) is 38.6 Å². The minimum absolute atomic E-state index is 0.111. The van der Waals surface area contributed by atoms with Crippen molar-refractivity contribution in [3.8, 4) is 0 Å². The van der Waals surface area contributed by atoms with Crippen molar-refractivity contribution in [1.82, 2.24) is 0 Å². The van der Waals surface area contributed by atoms with E-state index >= 15 is 0 Å². The highest BCUT2D eigenvalue weighted by atomic mass is 35.5. The molecule has 1 amide bonds. The van der Waals surface area contributed by atoms with Gasteiger partial charge in [-0.2, -0.15) is 13.2 Å². The van der Waals surface area contributed by atoms with E-state index in [9.17, 15) is 26.4 Å². The summed E-state index contributed by atoms with van der Waals surface area (Å²) in [7, 11) is -3.81. The molecule has 1 rings (SSSR count). The summed E-state index contributed by atoms with van der Waals surface area (Å²) >= 11 is 5.70. The number of hydrogen-bond donors (Lipinski definition) is 0. The van der Waals surface area contributed by atoms with Crippen LogP contribution in [0, 0.1) is 0 Å². The van der Waals surface area contributed by atoms with Crippen LogP contribution in [0.5, 0.6) is 0 Å². The molecule has 0 heterocycles. The van der Waals surface area contributed by atoms with Crippen LogP contribution in [0.4, 0.5) is 18.9 Å². The minimum atomic E-state index is -4.67. The van der Waals surface area contributed by atoms with Crippen molar-refractivity contribution in [2.24, 2.45) is 0 Å². The Balaban J connectivity index is 3.23. The first-order valence-electron chi connectivity index (χ1n) is 5.74. The Morgan fingerprint density at radius 2 is 1.95 bits per heavy atom. The summed E-state index contributed by atoms with van der Waals surface area (Å²) in [6, 6.07) is 5.23. The lowest BCUT2D eigenvalue weighted by Crippen LogP contribution is -2.45. The van der Waals surface area contributed by atoms with Crippen molar-refractivity contribution in [2.45, 2.75) is 18.3 Å². The van der Waals surface area contributed by atoms with Crippen LogP contribution in [0.25, 0.3) is 0 Å². The van der Waals surface area contributed by atoms with Gasteiger partial charge in [-0.1, -0.05) is 17.7 Å². The summed E-state index contributed by atoms with van der Waals surface area (Å²) in [6.45, 7) is -0.544. The average Bonchev–Trinajstić information content (AvgIpc) is 2.32. The number of nitrogens with zero attached hydrogens (tertiary/aromatic N) is 1. The lowest BCUT2D eigenvalue weighted by Gasteiger charge is -2.26. The molecule has 0 aliphatic heterocycles. The zero-order chi connectivity index (χ0) is 16.4. The van der Waals surface area contributed by atoms with Gasteiger partial charge in [-0.05, 0) is 25.1 Å². The lowest BCUT2D eigenvalue weighted by atomic mass is 10.2. The highest BCUT2D eigenvalue weighted by Gasteiger charge is 2.37. The summed E-state index contributed by atoms with van der Waals surface area (Å²) in [5, 5.41) is -1.45. The summed E-state index contributed by atoms with van der Waals surface area (Å²) in [6.07, 6.45) is -3.88. The second-order valence-corrected chi connectivity index (χ2v) is 7.29. The van der Waals surface area contributed by atoms with E-state index in [-0.39, 0.29) is 10.7 Å². The largest absolute Gasteiger partial charge is 0.406 e. The molecule has 0 radical (unpaired) electrons. The van der Waals surface area contributed by atoms with Crippen LogP contribution in [-0.2, 0) is 14.6 Å². The van der Waals surface area contributed by atoms with Crippen molar-refractivity contribution in [2.75, 3.05) is 17.7 Å². The molecule has 1 aromatic carbocycles. The monoisotopic (exact) mass is 343 g/mol. The van der Waals surface area contributed by atoms with Gasteiger partial charge in [-0.25, -0.2) is 8.42 Å². The van der Waals surface area contributed by atoms with E-state index in [0.29, 0.717) is 4.90 Å². The Hall–Kier alpha value is -1.28. The number of rotatable bonds is 4. The maximum atomic E-state index is 12.6. The first kappa shape index (κ1) is 17.8. The topological polar surface area (TPSA) is 54.5 Å². The summed E-state index contributed by atoms with van der Waals surface area (Å²) in [5.41, 5.74) is -0.111. The highest BCUT2D eigenvalue weighted by Crippen LogP contribution is 2.26. The second kappa shape index (κ2) is 6.23. The molecule has 0 bridgehead atoms. The van der Waals surface area contributed by atoms with Crippen molar-refractivity contribution in [3.63, 3.8) is 0 Å². The number of carbonyl (C=O) groups is 1. The molecule has 0 N–H and O–H groups in total. The SMILES string of the molecule is C[C@H](C(=O)N(CC(F)(F)F)c1cccc(Cl)c1)S(C)(=O)=O. The van der Waals surface area contributed by atoms with Gasteiger partial charge in [0, 0.05) is 17.0 Å². The number of hydrogen-bond acceptors (Lipinski definition) is 3. The molecule has 1 atom stereocenters. The molecule has 0 aliphatic rings. The molecule has 0 unspecified atom stereocenters. The van der Waals surface area contributed by atoms with E-state index in [0.717, 1.165) is 13.2 Å². The maximum absolute atomic E-state index is 12.6. The van der Waals surface area contributed by atoms with Crippen molar-refractivity contribution in [1.29, 1.82) is 0 Å². The van der Waals surface area contributed by atoms with E-state index in [2.05, 4.69) is 0 Å². The van der Waals surface area contributed by atoms with Gasteiger partial charge in [-0.15, -0.1) is 0 Å². The lowest BCUT2D eigenvalue weighted by molar-refractivity contribution is -0.132. The van der Waals surface area contributed by atoms with Crippen molar-refractivity contribution in [3.05, 3.63) is 29.3 Å².